The van der Waals surface area contributed by atoms with Crippen LogP contribution in [0.5, 0.6) is 0 Å². The highest BCUT2D eigenvalue weighted by Crippen LogP contribution is 2.19. The molecule has 1 aliphatic rings. The van der Waals surface area contributed by atoms with Gasteiger partial charge >= 0.3 is 6.09 Å². The Morgan fingerprint density at radius 2 is 2.09 bits per heavy atom. The van der Waals surface area contributed by atoms with Crippen LogP contribution in [-0.4, -0.2) is 47.8 Å². The van der Waals surface area contributed by atoms with Crippen LogP contribution in [0.3, 0.4) is 0 Å². The normalized spacial score (nSPS) is 15.2. The van der Waals surface area contributed by atoms with Gasteiger partial charge in [-0.05, 0) is 20.8 Å². The predicted molar refractivity (Wildman–Crippen MR) is 82.0 cm³/mol. The smallest absolute Gasteiger partial charge is 0.410 e. The molecule has 1 aromatic rings. The third kappa shape index (κ3) is 5.43. The van der Waals surface area contributed by atoms with E-state index < -0.39 is 15.7 Å². The summed E-state index contributed by atoms with van der Waals surface area (Å²) in [5, 5.41) is 0. The van der Waals surface area contributed by atoms with Crippen LogP contribution < -0.4 is 0 Å². The lowest BCUT2D eigenvalue weighted by atomic mass is 10.1. The molecule has 23 heavy (non-hydrogen) atoms. The largest absolute Gasteiger partial charge is 0.444 e. The van der Waals surface area contributed by atoms with Crippen molar-refractivity contribution in [1.29, 1.82) is 0 Å². The molecule has 2 rings (SSSR count). The summed E-state index contributed by atoms with van der Waals surface area (Å²) in [4.78, 5) is 22.1. The quantitative estimate of drug-likeness (QED) is 0.762. The Morgan fingerprint density at radius 1 is 1.39 bits per heavy atom. The zero-order chi connectivity index (χ0) is 17.3. The van der Waals surface area contributed by atoms with Gasteiger partial charge in [-0.15, -0.1) is 0 Å². The van der Waals surface area contributed by atoms with E-state index in [9.17, 15) is 13.2 Å². The zero-order valence-corrected chi connectivity index (χ0v) is 14.5. The maximum absolute atomic E-state index is 12.1. The van der Waals surface area contributed by atoms with E-state index in [1.54, 1.807) is 11.1 Å². The van der Waals surface area contributed by atoms with Gasteiger partial charge in [-0.2, -0.15) is 8.42 Å². The fourth-order valence-corrected chi connectivity index (χ4v) is 2.39. The summed E-state index contributed by atoms with van der Waals surface area (Å²) in [6.07, 6.45) is 2.76. The second-order valence-corrected chi connectivity index (χ2v) is 8.02. The number of rotatable bonds is 3. The van der Waals surface area contributed by atoms with Gasteiger partial charge in [0.1, 0.15) is 12.2 Å². The Morgan fingerprint density at radius 3 is 2.70 bits per heavy atom. The zero-order valence-electron chi connectivity index (χ0n) is 13.7. The van der Waals surface area contributed by atoms with E-state index >= 15 is 0 Å². The van der Waals surface area contributed by atoms with Crippen LogP contribution in [0.4, 0.5) is 4.79 Å². The average molecular weight is 343 g/mol. The highest BCUT2D eigenvalue weighted by molar-refractivity contribution is 7.85. The summed E-state index contributed by atoms with van der Waals surface area (Å²) >= 11 is 0. The first-order chi connectivity index (χ1) is 10.5. The number of fused-ring (bicyclic) bond motifs is 1. The van der Waals surface area contributed by atoms with Gasteiger partial charge in [0.05, 0.1) is 18.5 Å². The minimum atomic E-state index is -3.53. The monoisotopic (exact) mass is 343 g/mol. The third-order valence-corrected chi connectivity index (χ3v) is 3.58. The number of carbonyl (C=O) groups excluding carboxylic acids is 1. The van der Waals surface area contributed by atoms with Crippen molar-refractivity contribution in [2.24, 2.45) is 0 Å². The first kappa shape index (κ1) is 17.6. The number of amides is 1. The van der Waals surface area contributed by atoms with Crippen molar-refractivity contribution in [1.82, 2.24) is 14.9 Å². The number of ether oxygens (including phenoxy) is 1. The molecule has 0 aliphatic carbocycles. The van der Waals surface area contributed by atoms with Crippen molar-refractivity contribution in [3.8, 4) is 0 Å². The van der Waals surface area contributed by atoms with Crippen molar-refractivity contribution in [2.75, 3.05) is 12.8 Å². The van der Waals surface area contributed by atoms with Crippen molar-refractivity contribution in [2.45, 2.75) is 45.9 Å². The second kappa shape index (κ2) is 6.40. The first-order valence-electron chi connectivity index (χ1n) is 7.19. The van der Waals surface area contributed by atoms with Gasteiger partial charge in [0.25, 0.3) is 10.1 Å². The van der Waals surface area contributed by atoms with E-state index in [2.05, 4.69) is 14.2 Å². The van der Waals surface area contributed by atoms with Gasteiger partial charge in [0, 0.05) is 24.7 Å². The average Bonchev–Trinajstić information content (AvgIpc) is 2.41. The van der Waals surface area contributed by atoms with Crippen molar-refractivity contribution in [3.05, 3.63) is 23.3 Å². The van der Waals surface area contributed by atoms with Crippen LogP contribution in [0.2, 0.25) is 0 Å². The Labute approximate surface area is 135 Å². The summed E-state index contributed by atoms with van der Waals surface area (Å²) in [5.41, 5.74) is 1.08. The SMILES string of the molecule is CC(C)(C)OC(=O)N1CCc2nc(COS(C)(=O)=O)ncc2C1. The standard InChI is InChI=1S/C14H21N3O5S/c1-14(2,3)22-13(18)17-6-5-11-10(8-17)7-15-12(16-11)9-21-23(4,19)20/h7H,5-6,8-9H2,1-4H3. The van der Waals surface area contributed by atoms with Gasteiger partial charge in [0.15, 0.2) is 5.82 Å². The summed E-state index contributed by atoms with van der Waals surface area (Å²) in [6, 6.07) is 0. The minimum Gasteiger partial charge on any atom is -0.444 e. The van der Waals surface area contributed by atoms with Crippen LogP contribution >= 0.6 is 0 Å². The summed E-state index contributed by atoms with van der Waals surface area (Å²) < 4.78 is 32.0. The molecule has 0 unspecified atom stereocenters. The molecule has 0 aromatic carbocycles. The molecule has 1 amide bonds. The van der Waals surface area contributed by atoms with E-state index in [1.165, 1.54) is 0 Å². The van der Waals surface area contributed by atoms with E-state index in [4.69, 9.17) is 4.74 Å². The molecule has 0 N–H and O–H groups in total. The van der Waals surface area contributed by atoms with Crippen molar-refractivity contribution < 1.29 is 22.1 Å². The lowest BCUT2D eigenvalue weighted by Gasteiger charge is -2.30. The molecule has 0 radical (unpaired) electrons. The van der Waals surface area contributed by atoms with Crippen LogP contribution in [0.15, 0.2) is 6.20 Å². The molecule has 9 heteroatoms. The van der Waals surface area contributed by atoms with Gasteiger partial charge in [-0.25, -0.2) is 14.8 Å². The number of nitrogens with zero attached hydrogens (tertiary/aromatic N) is 3. The van der Waals surface area contributed by atoms with E-state index in [0.29, 0.717) is 25.3 Å². The number of carbonyl (C=O) groups is 1. The molecule has 2 heterocycles. The second-order valence-electron chi connectivity index (χ2n) is 6.38. The fourth-order valence-electron chi connectivity index (χ4n) is 2.07. The lowest BCUT2D eigenvalue weighted by Crippen LogP contribution is -2.40. The molecule has 0 bridgehead atoms. The molecular formula is C14H21N3O5S. The highest BCUT2D eigenvalue weighted by atomic mass is 32.2. The minimum absolute atomic E-state index is 0.193. The molecule has 0 saturated heterocycles. The molecule has 128 valence electrons. The molecular weight excluding hydrogens is 322 g/mol. The predicted octanol–water partition coefficient (Wildman–Crippen LogP) is 1.25. The number of aromatic nitrogens is 2. The van der Waals surface area contributed by atoms with Gasteiger partial charge in [-0.3, -0.25) is 4.18 Å². The summed E-state index contributed by atoms with van der Waals surface area (Å²) in [7, 11) is -3.53. The Balaban J connectivity index is 2.04. The highest BCUT2D eigenvalue weighted by Gasteiger charge is 2.26. The summed E-state index contributed by atoms with van der Waals surface area (Å²) in [5.74, 6) is 0.305. The first-order valence-corrected chi connectivity index (χ1v) is 9.01. The topological polar surface area (TPSA) is 98.7 Å². The molecule has 0 fully saturated rings. The van der Waals surface area contributed by atoms with Crippen molar-refractivity contribution >= 4 is 16.2 Å². The van der Waals surface area contributed by atoms with E-state index in [1.807, 2.05) is 20.8 Å². The molecule has 1 aromatic heterocycles. The van der Waals surface area contributed by atoms with Crippen molar-refractivity contribution in [3.63, 3.8) is 0 Å². The Kier molecular flexibility index (Phi) is 4.90. The van der Waals surface area contributed by atoms with Gasteiger partial charge < -0.3 is 9.64 Å². The van der Waals surface area contributed by atoms with E-state index in [-0.39, 0.29) is 12.7 Å². The van der Waals surface area contributed by atoms with E-state index in [0.717, 1.165) is 17.5 Å². The maximum Gasteiger partial charge on any atom is 0.410 e. The Hall–Kier alpha value is -1.74. The fraction of sp³-hybridized carbons (Fsp3) is 0.643. The van der Waals surface area contributed by atoms with Gasteiger partial charge in [-0.1, -0.05) is 0 Å². The number of hydrogen-bond donors (Lipinski definition) is 0. The molecule has 0 spiro atoms. The van der Waals surface area contributed by atoms with Crippen LogP contribution in [0.1, 0.15) is 37.9 Å². The molecule has 8 nitrogen and oxygen atoms in total. The third-order valence-electron chi connectivity index (χ3n) is 3.04. The molecule has 0 saturated carbocycles. The lowest BCUT2D eigenvalue weighted by molar-refractivity contribution is 0.0222. The number of hydrogen-bond acceptors (Lipinski definition) is 7. The van der Waals surface area contributed by atoms with Crippen LogP contribution in [0, 0.1) is 0 Å². The molecule has 0 atom stereocenters. The maximum atomic E-state index is 12.1. The summed E-state index contributed by atoms with van der Waals surface area (Å²) in [6.45, 7) is 6.13. The molecule has 1 aliphatic heterocycles. The van der Waals surface area contributed by atoms with Crippen LogP contribution in [-0.2, 0) is 38.6 Å². The Bertz CT molecular complexity index is 697. The van der Waals surface area contributed by atoms with Crippen LogP contribution in [0.25, 0.3) is 0 Å². The van der Waals surface area contributed by atoms with Gasteiger partial charge in [0.2, 0.25) is 0 Å².